The number of nitrogens with zero attached hydrogens (tertiary/aromatic N) is 5. The number of aliphatic carboxylic acids is 1. The molecule has 0 saturated carbocycles. The number of carboxylic acid groups (broad SMARTS) is 1. The number of aryl methyl sites for hydroxylation is 2. The lowest BCUT2D eigenvalue weighted by Gasteiger charge is -2.36. The van der Waals surface area contributed by atoms with E-state index >= 15 is 0 Å². The molecule has 0 aliphatic carbocycles. The standard InChI is InChI=1S/C26H33N5O3S/c1-17(2)21-16-35-23(27-21)7-5-18-9-14-31-22(15-18)28-25(20(26(31)34)6-8-24(32)33)30-12-10-19(11-13-30)29(3)4/h6,8-9,14-17,19H,5,7,10-13H2,1-4H3,(H,32,33). The van der Waals surface area contributed by atoms with E-state index in [2.05, 4.69) is 43.1 Å². The number of pyridine rings is 1. The minimum atomic E-state index is -1.09. The van der Waals surface area contributed by atoms with Crippen LogP contribution in [0.4, 0.5) is 5.82 Å². The summed E-state index contributed by atoms with van der Waals surface area (Å²) in [6.45, 7) is 5.82. The van der Waals surface area contributed by atoms with E-state index in [4.69, 9.17) is 15.1 Å². The van der Waals surface area contributed by atoms with Gasteiger partial charge in [-0.2, -0.15) is 0 Å². The zero-order valence-electron chi connectivity index (χ0n) is 20.8. The van der Waals surface area contributed by atoms with Crippen LogP contribution in [-0.2, 0) is 17.6 Å². The molecule has 35 heavy (non-hydrogen) atoms. The van der Waals surface area contributed by atoms with Crippen molar-refractivity contribution < 1.29 is 9.90 Å². The van der Waals surface area contributed by atoms with Crippen LogP contribution in [0.25, 0.3) is 11.7 Å². The highest BCUT2D eigenvalue weighted by molar-refractivity contribution is 7.09. The molecule has 0 unspecified atom stereocenters. The number of hydrogen-bond acceptors (Lipinski definition) is 7. The van der Waals surface area contributed by atoms with E-state index in [9.17, 15) is 9.59 Å². The lowest BCUT2D eigenvalue weighted by atomic mass is 10.0. The molecule has 0 spiro atoms. The van der Waals surface area contributed by atoms with Gasteiger partial charge < -0.3 is 14.9 Å². The number of aromatic nitrogens is 3. The highest BCUT2D eigenvalue weighted by Crippen LogP contribution is 2.24. The first kappa shape index (κ1) is 25.1. The van der Waals surface area contributed by atoms with Gasteiger partial charge in [-0.1, -0.05) is 13.8 Å². The molecule has 3 aromatic rings. The second-order valence-corrected chi connectivity index (χ2v) is 10.5. The summed E-state index contributed by atoms with van der Waals surface area (Å²) in [7, 11) is 4.16. The molecule has 4 rings (SSSR count). The predicted octanol–water partition coefficient (Wildman–Crippen LogP) is 3.69. The number of anilines is 1. The van der Waals surface area contributed by atoms with Crippen molar-refractivity contribution in [3.05, 3.63) is 62.0 Å². The van der Waals surface area contributed by atoms with Gasteiger partial charge in [-0.25, -0.2) is 14.8 Å². The van der Waals surface area contributed by atoms with E-state index in [1.54, 1.807) is 17.5 Å². The Hall–Kier alpha value is -3.04. The van der Waals surface area contributed by atoms with Gasteiger partial charge >= 0.3 is 5.97 Å². The fourth-order valence-electron chi connectivity index (χ4n) is 4.43. The van der Waals surface area contributed by atoms with Gasteiger partial charge in [0, 0.05) is 43.2 Å². The van der Waals surface area contributed by atoms with E-state index in [0.29, 0.717) is 29.0 Å². The van der Waals surface area contributed by atoms with Gasteiger partial charge in [-0.15, -0.1) is 11.3 Å². The number of carboxylic acids is 1. The lowest BCUT2D eigenvalue weighted by molar-refractivity contribution is -0.131. The first-order valence-electron chi connectivity index (χ1n) is 12.0. The smallest absolute Gasteiger partial charge is 0.328 e. The minimum Gasteiger partial charge on any atom is -0.478 e. The Labute approximate surface area is 209 Å². The molecule has 8 nitrogen and oxygen atoms in total. The zero-order chi connectivity index (χ0) is 25.1. The summed E-state index contributed by atoms with van der Waals surface area (Å²) in [6.07, 6.45) is 7.69. The first-order chi connectivity index (χ1) is 16.7. The predicted molar refractivity (Wildman–Crippen MR) is 141 cm³/mol. The molecule has 0 atom stereocenters. The van der Waals surface area contributed by atoms with Crippen LogP contribution in [0, 0.1) is 0 Å². The number of fused-ring (bicyclic) bond motifs is 1. The molecular formula is C26H33N5O3S. The molecule has 9 heteroatoms. The topological polar surface area (TPSA) is 91.0 Å². The van der Waals surface area contributed by atoms with Gasteiger partial charge in [0.2, 0.25) is 0 Å². The van der Waals surface area contributed by atoms with Crippen molar-refractivity contribution in [2.45, 2.75) is 51.5 Å². The van der Waals surface area contributed by atoms with Gasteiger partial charge in [0.25, 0.3) is 5.56 Å². The third kappa shape index (κ3) is 5.79. The molecule has 1 N–H and O–H groups in total. The maximum Gasteiger partial charge on any atom is 0.328 e. The normalized spacial score (nSPS) is 15.2. The summed E-state index contributed by atoms with van der Waals surface area (Å²) in [4.78, 5) is 38.5. The van der Waals surface area contributed by atoms with Crippen molar-refractivity contribution in [2.24, 2.45) is 0 Å². The van der Waals surface area contributed by atoms with Gasteiger partial charge in [-0.3, -0.25) is 9.20 Å². The Bertz CT molecular complexity index is 1290. The van der Waals surface area contributed by atoms with Crippen molar-refractivity contribution >= 4 is 34.8 Å². The van der Waals surface area contributed by atoms with Crippen LogP contribution in [0.1, 0.15) is 54.4 Å². The molecule has 1 fully saturated rings. The van der Waals surface area contributed by atoms with Gasteiger partial charge in [0.1, 0.15) is 11.5 Å². The Kier molecular flexibility index (Phi) is 7.66. The van der Waals surface area contributed by atoms with Crippen LogP contribution in [-0.4, -0.2) is 63.6 Å². The van der Waals surface area contributed by atoms with E-state index in [1.165, 1.54) is 10.5 Å². The molecule has 1 saturated heterocycles. The maximum atomic E-state index is 13.4. The quantitative estimate of drug-likeness (QED) is 0.477. The summed E-state index contributed by atoms with van der Waals surface area (Å²) >= 11 is 1.69. The number of rotatable bonds is 8. The summed E-state index contributed by atoms with van der Waals surface area (Å²) in [5.74, 6) is -0.115. The lowest BCUT2D eigenvalue weighted by Crippen LogP contribution is -2.43. The van der Waals surface area contributed by atoms with Gasteiger partial charge in [0.05, 0.1) is 16.3 Å². The molecule has 186 valence electrons. The third-order valence-corrected chi connectivity index (χ3v) is 7.51. The van der Waals surface area contributed by atoms with Crippen molar-refractivity contribution in [3.8, 4) is 0 Å². The molecule has 4 heterocycles. The second-order valence-electron chi connectivity index (χ2n) is 9.59. The molecule has 1 aliphatic heterocycles. The minimum absolute atomic E-state index is 0.259. The Balaban J connectivity index is 1.65. The Morgan fingerprint density at radius 2 is 2.00 bits per heavy atom. The average Bonchev–Trinajstić information content (AvgIpc) is 3.31. The van der Waals surface area contributed by atoms with Crippen LogP contribution in [0.2, 0.25) is 0 Å². The molecule has 1 aliphatic rings. The molecule has 0 aromatic carbocycles. The van der Waals surface area contributed by atoms with Crippen molar-refractivity contribution in [1.82, 2.24) is 19.3 Å². The summed E-state index contributed by atoms with van der Waals surface area (Å²) in [5, 5.41) is 12.4. The molecule has 0 amide bonds. The summed E-state index contributed by atoms with van der Waals surface area (Å²) in [6, 6.07) is 4.37. The zero-order valence-corrected chi connectivity index (χ0v) is 21.6. The number of piperidine rings is 1. The van der Waals surface area contributed by atoms with Crippen LogP contribution in [0.15, 0.2) is 34.6 Å². The van der Waals surface area contributed by atoms with Crippen LogP contribution < -0.4 is 10.5 Å². The van der Waals surface area contributed by atoms with Crippen LogP contribution in [0.5, 0.6) is 0 Å². The number of hydrogen-bond donors (Lipinski definition) is 1. The maximum absolute atomic E-state index is 13.4. The average molecular weight is 496 g/mol. The second kappa shape index (κ2) is 10.7. The first-order valence-corrected chi connectivity index (χ1v) is 12.9. The van der Waals surface area contributed by atoms with Crippen molar-refractivity contribution in [2.75, 3.05) is 32.1 Å². The van der Waals surface area contributed by atoms with E-state index < -0.39 is 5.97 Å². The highest BCUT2D eigenvalue weighted by atomic mass is 32.1. The van der Waals surface area contributed by atoms with E-state index in [0.717, 1.165) is 61.1 Å². The highest BCUT2D eigenvalue weighted by Gasteiger charge is 2.24. The van der Waals surface area contributed by atoms with Gasteiger partial charge in [-0.05, 0) is 63.0 Å². The molecular weight excluding hydrogens is 462 g/mol. The largest absolute Gasteiger partial charge is 0.478 e. The summed E-state index contributed by atoms with van der Waals surface area (Å²) in [5.41, 5.74) is 2.84. The summed E-state index contributed by atoms with van der Waals surface area (Å²) < 4.78 is 1.50. The SMILES string of the molecule is CC(C)c1csc(CCc2ccn3c(=O)c(C=CC(=O)O)c(N4CCC(N(C)C)CC4)nc3c2)n1. The monoisotopic (exact) mass is 495 g/mol. The van der Waals surface area contributed by atoms with Crippen LogP contribution >= 0.6 is 11.3 Å². The fourth-order valence-corrected chi connectivity index (χ4v) is 5.39. The van der Waals surface area contributed by atoms with Crippen molar-refractivity contribution in [3.63, 3.8) is 0 Å². The van der Waals surface area contributed by atoms with Crippen molar-refractivity contribution in [1.29, 1.82) is 0 Å². The Morgan fingerprint density at radius 1 is 1.26 bits per heavy atom. The van der Waals surface area contributed by atoms with E-state index in [-0.39, 0.29) is 5.56 Å². The fraction of sp³-hybridized carbons (Fsp3) is 0.462. The van der Waals surface area contributed by atoms with Gasteiger partial charge in [0.15, 0.2) is 0 Å². The number of carbonyl (C=O) groups is 1. The number of thiazole rings is 1. The molecule has 0 bridgehead atoms. The molecule has 3 aromatic heterocycles. The van der Waals surface area contributed by atoms with Crippen LogP contribution in [0.3, 0.4) is 0 Å². The molecule has 0 radical (unpaired) electrons. The van der Waals surface area contributed by atoms with E-state index in [1.807, 2.05) is 12.1 Å². The Morgan fingerprint density at radius 3 is 2.63 bits per heavy atom. The third-order valence-electron chi connectivity index (χ3n) is 6.59.